The molecule has 2 aromatic carbocycles. The number of hydrogen-bond donors (Lipinski definition) is 2. The molecule has 0 radical (unpaired) electrons. The average Bonchev–Trinajstić information content (AvgIpc) is 2.77. The van der Waals surface area contributed by atoms with Gasteiger partial charge in [-0.05, 0) is 73.9 Å². The maximum atomic E-state index is 13.4. The quantitative estimate of drug-likeness (QED) is 0.763. The maximum Gasteiger partial charge on any atom is 0.252 e. The van der Waals surface area contributed by atoms with E-state index in [0.717, 1.165) is 49.5 Å². The summed E-state index contributed by atoms with van der Waals surface area (Å²) in [6.07, 6.45) is 4.63. The van der Waals surface area contributed by atoms with Crippen molar-refractivity contribution < 1.29 is 4.79 Å². The molecule has 3 aliphatic heterocycles. The first-order valence-corrected chi connectivity index (χ1v) is 11.6. The fourth-order valence-corrected chi connectivity index (χ4v) is 5.95. The predicted molar refractivity (Wildman–Crippen MR) is 121 cm³/mol. The molecule has 2 fully saturated rings. The van der Waals surface area contributed by atoms with Gasteiger partial charge in [-0.1, -0.05) is 41.9 Å². The molecule has 158 valence electrons. The number of carbonyl (C=O) groups excluding carboxylic acids is 1. The van der Waals surface area contributed by atoms with Gasteiger partial charge < -0.3 is 10.6 Å². The zero-order chi connectivity index (χ0) is 20.7. The molecule has 4 atom stereocenters. The van der Waals surface area contributed by atoms with Gasteiger partial charge in [0.05, 0.1) is 6.04 Å². The van der Waals surface area contributed by atoms with Gasteiger partial charge in [0.1, 0.15) is 0 Å². The highest BCUT2D eigenvalue weighted by atomic mass is 35.5. The second-order valence-electron chi connectivity index (χ2n) is 9.09. The molecule has 4 nitrogen and oxygen atoms in total. The van der Waals surface area contributed by atoms with Crippen molar-refractivity contribution in [2.75, 3.05) is 19.6 Å². The normalized spacial score (nSPS) is 26.8. The van der Waals surface area contributed by atoms with Crippen molar-refractivity contribution in [2.45, 2.75) is 50.7 Å². The van der Waals surface area contributed by atoms with Crippen molar-refractivity contribution >= 4 is 17.5 Å². The van der Waals surface area contributed by atoms with Crippen molar-refractivity contribution in [3.63, 3.8) is 0 Å². The fraction of sp³-hybridized carbons (Fsp3) is 0.480. The number of rotatable bonds is 3. The number of amides is 1. The third-order valence-electron chi connectivity index (χ3n) is 7.24. The number of halogens is 1. The third kappa shape index (κ3) is 3.77. The molecule has 1 amide bonds. The zero-order valence-corrected chi connectivity index (χ0v) is 18.3. The Morgan fingerprint density at radius 1 is 1.27 bits per heavy atom. The molecule has 3 aliphatic rings. The van der Waals surface area contributed by atoms with E-state index in [1.807, 2.05) is 31.2 Å². The standard InChI is InChI=1S/C25H30ClN3O/c1-16(17-6-3-2-4-7-17)28-25(30)21-13-20(26)12-18-9-11-29-15-19-8-5-10-27-22(19)14-23(29)24(18)21/h2-4,6-7,12-13,16,19,22-23,27H,5,8-11,14-15H2,1H3,(H,28,30)/t16-,19-,22+,23+/m1/s1. The summed E-state index contributed by atoms with van der Waals surface area (Å²) in [5.74, 6) is 0.713. The Kier molecular flexibility index (Phi) is 5.57. The van der Waals surface area contributed by atoms with Crippen LogP contribution in [0.4, 0.5) is 0 Å². The Morgan fingerprint density at radius 3 is 2.93 bits per heavy atom. The Balaban J connectivity index is 1.45. The third-order valence-corrected chi connectivity index (χ3v) is 7.46. The lowest BCUT2D eigenvalue weighted by Crippen LogP contribution is -2.55. The van der Waals surface area contributed by atoms with Gasteiger partial charge in [0.15, 0.2) is 0 Å². The van der Waals surface area contributed by atoms with E-state index < -0.39 is 0 Å². The lowest BCUT2D eigenvalue weighted by molar-refractivity contribution is 0.0543. The van der Waals surface area contributed by atoms with E-state index in [1.54, 1.807) is 0 Å². The van der Waals surface area contributed by atoms with Crippen LogP contribution >= 0.6 is 11.6 Å². The monoisotopic (exact) mass is 423 g/mol. The van der Waals surface area contributed by atoms with E-state index in [-0.39, 0.29) is 11.9 Å². The van der Waals surface area contributed by atoms with Gasteiger partial charge in [0.2, 0.25) is 0 Å². The highest BCUT2D eigenvalue weighted by Crippen LogP contribution is 2.42. The van der Waals surface area contributed by atoms with Crippen molar-refractivity contribution in [1.82, 2.24) is 15.5 Å². The van der Waals surface area contributed by atoms with Crippen molar-refractivity contribution in [3.8, 4) is 0 Å². The summed E-state index contributed by atoms with van der Waals surface area (Å²) < 4.78 is 0. The van der Waals surface area contributed by atoms with Crippen LogP contribution in [0.15, 0.2) is 42.5 Å². The highest BCUT2D eigenvalue weighted by molar-refractivity contribution is 6.31. The Bertz CT molecular complexity index is 931. The average molecular weight is 424 g/mol. The summed E-state index contributed by atoms with van der Waals surface area (Å²) in [5, 5.41) is 7.61. The number of hydrogen-bond acceptors (Lipinski definition) is 3. The lowest BCUT2D eigenvalue weighted by Gasteiger charge is -2.49. The van der Waals surface area contributed by atoms with Crippen LogP contribution in [0.1, 0.15) is 65.3 Å². The summed E-state index contributed by atoms with van der Waals surface area (Å²) in [6, 6.07) is 14.9. The second kappa shape index (κ2) is 8.33. The van der Waals surface area contributed by atoms with E-state index in [0.29, 0.717) is 17.1 Å². The van der Waals surface area contributed by atoms with Gasteiger partial charge in [-0.15, -0.1) is 0 Å². The van der Waals surface area contributed by atoms with Crippen LogP contribution in [-0.2, 0) is 6.42 Å². The topological polar surface area (TPSA) is 44.4 Å². The van der Waals surface area contributed by atoms with Crippen LogP contribution in [-0.4, -0.2) is 36.5 Å². The molecule has 0 aromatic heterocycles. The number of carbonyl (C=O) groups is 1. The number of nitrogens with one attached hydrogen (secondary N) is 2. The summed E-state index contributed by atoms with van der Waals surface area (Å²) in [7, 11) is 0. The molecule has 3 heterocycles. The van der Waals surface area contributed by atoms with Crippen LogP contribution in [0, 0.1) is 5.92 Å². The van der Waals surface area contributed by atoms with Gasteiger partial charge in [0, 0.05) is 35.8 Å². The molecule has 0 unspecified atom stereocenters. The first-order chi connectivity index (χ1) is 14.6. The van der Waals surface area contributed by atoms with E-state index in [4.69, 9.17) is 11.6 Å². The number of fused-ring (bicyclic) bond motifs is 4. The molecule has 0 bridgehead atoms. The minimum atomic E-state index is -0.0521. The smallest absolute Gasteiger partial charge is 0.252 e. The first-order valence-electron chi connectivity index (χ1n) is 11.3. The maximum absolute atomic E-state index is 13.4. The summed E-state index contributed by atoms with van der Waals surface area (Å²) >= 11 is 6.46. The van der Waals surface area contributed by atoms with Gasteiger partial charge in [0.25, 0.3) is 5.91 Å². The minimum Gasteiger partial charge on any atom is -0.346 e. The molecule has 30 heavy (non-hydrogen) atoms. The Labute approximate surface area is 184 Å². The molecular formula is C25H30ClN3O. The number of benzene rings is 2. The van der Waals surface area contributed by atoms with E-state index in [2.05, 4.69) is 33.7 Å². The van der Waals surface area contributed by atoms with Gasteiger partial charge >= 0.3 is 0 Å². The van der Waals surface area contributed by atoms with Crippen LogP contribution in [0.3, 0.4) is 0 Å². The Morgan fingerprint density at radius 2 is 2.10 bits per heavy atom. The molecule has 5 rings (SSSR count). The van der Waals surface area contributed by atoms with Gasteiger partial charge in [-0.2, -0.15) is 0 Å². The predicted octanol–water partition coefficient (Wildman–Crippen LogP) is 4.50. The van der Waals surface area contributed by atoms with Crippen molar-refractivity contribution in [2.24, 2.45) is 5.92 Å². The Hall–Kier alpha value is -1.88. The summed E-state index contributed by atoms with van der Waals surface area (Å²) in [6.45, 7) is 5.34. The van der Waals surface area contributed by atoms with Crippen LogP contribution in [0.5, 0.6) is 0 Å². The van der Waals surface area contributed by atoms with Gasteiger partial charge in [-0.3, -0.25) is 9.69 Å². The van der Waals surface area contributed by atoms with Crippen LogP contribution in [0.2, 0.25) is 5.02 Å². The molecule has 0 aliphatic carbocycles. The largest absolute Gasteiger partial charge is 0.346 e. The molecule has 5 heteroatoms. The van der Waals surface area contributed by atoms with E-state index in [9.17, 15) is 4.79 Å². The van der Waals surface area contributed by atoms with E-state index >= 15 is 0 Å². The molecular weight excluding hydrogens is 394 g/mol. The minimum absolute atomic E-state index is 0.0225. The molecule has 0 saturated carbocycles. The van der Waals surface area contributed by atoms with Crippen LogP contribution < -0.4 is 10.6 Å². The number of nitrogens with zero attached hydrogens (tertiary/aromatic N) is 1. The lowest BCUT2D eigenvalue weighted by atomic mass is 9.76. The SMILES string of the molecule is C[C@@H](NC(=O)c1cc(Cl)cc2c1[C@@H]1C[C@@H]3NCCC[C@@H]3CN1CC2)c1ccccc1. The second-order valence-corrected chi connectivity index (χ2v) is 9.53. The highest BCUT2D eigenvalue weighted by Gasteiger charge is 2.41. The first kappa shape index (κ1) is 20.0. The van der Waals surface area contributed by atoms with Crippen molar-refractivity contribution in [3.05, 3.63) is 69.7 Å². The van der Waals surface area contributed by atoms with Crippen molar-refractivity contribution in [1.29, 1.82) is 0 Å². The molecule has 2 saturated heterocycles. The molecule has 2 N–H and O–H groups in total. The van der Waals surface area contributed by atoms with Crippen LogP contribution in [0.25, 0.3) is 0 Å². The summed E-state index contributed by atoms with van der Waals surface area (Å²) in [4.78, 5) is 16.0. The number of piperidine rings is 2. The zero-order valence-electron chi connectivity index (χ0n) is 17.5. The van der Waals surface area contributed by atoms with E-state index in [1.165, 1.54) is 24.0 Å². The van der Waals surface area contributed by atoms with Gasteiger partial charge in [-0.25, -0.2) is 0 Å². The molecule has 0 spiro atoms. The fourth-order valence-electron chi connectivity index (χ4n) is 5.71. The molecule has 2 aromatic rings. The summed E-state index contributed by atoms with van der Waals surface area (Å²) in [5.41, 5.74) is 4.31.